The standard InChI is InChI=1S/C13H13IN4O2/c1-3-15-13-11(14)8(2)16-12(17-13)9-5-4-6-10(7-9)18(19)20/h4-7H,3H2,1-2H3,(H,15,16,17). The Bertz CT molecular complexity index is 661. The van der Waals surface area contributed by atoms with Gasteiger partial charge in [-0.1, -0.05) is 12.1 Å². The van der Waals surface area contributed by atoms with E-state index < -0.39 is 4.92 Å². The molecular formula is C13H13IN4O2. The lowest BCUT2D eigenvalue weighted by Gasteiger charge is -2.10. The zero-order chi connectivity index (χ0) is 14.7. The van der Waals surface area contributed by atoms with Crippen LogP contribution in [0.3, 0.4) is 0 Å². The first-order valence-electron chi connectivity index (χ1n) is 6.05. The van der Waals surface area contributed by atoms with Crippen molar-refractivity contribution in [3.63, 3.8) is 0 Å². The van der Waals surface area contributed by atoms with Crippen LogP contribution in [0.2, 0.25) is 0 Å². The van der Waals surface area contributed by atoms with E-state index >= 15 is 0 Å². The van der Waals surface area contributed by atoms with Gasteiger partial charge >= 0.3 is 0 Å². The second-order valence-corrected chi connectivity index (χ2v) is 5.21. The van der Waals surface area contributed by atoms with E-state index in [1.54, 1.807) is 12.1 Å². The van der Waals surface area contributed by atoms with Crippen molar-refractivity contribution in [2.45, 2.75) is 13.8 Å². The van der Waals surface area contributed by atoms with E-state index in [0.717, 1.165) is 21.6 Å². The van der Waals surface area contributed by atoms with Gasteiger partial charge in [0.1, 0.15) is 5.82 Å². The molecule has 0 radical (unpaired) electrons. The van der Waals surface area contributed by atoms with E-state index in [-0.39, 0.29) is 5.69 Å². The molecule has 0 aliphatic carbocycles. The molecule has 1 aromatic heterocycles. The summed E-state index contributed by atoms with van der Waals surface area (Å²) in [7, 11) is 0. The van der Waals surface area contributed by atoms with E-state index in [9.17, 15) is 10.1 Å². The van der Waals surface area contributed by atoms with Gasteiger partial charge in [0, 0.05) is 24.2 Å². The number of nitrogens with zero attached hydrogens (tertiary/aromatic N) is 3. The summed E-state index contributed by atoms with van der Waals surface area (Å²) in [6, 6.07) is 6.34. The number of non-ortho nitro benzene ring substituents is 1. The topological polar surface area (TPSA) is 81.0 Å². The number of rotatable bonds is 4. The van der Waals surface area contributed by atoms with Crippen LogP contribution in [0.5, 0.6) is 0 Å². The average Bonchev–Trinajstić information content (AvgIpc) is 2.44. The molecule has 0 aliphatic rings. The van der Waals surface area contributed by atoms with Gasteiger partial charge in [0.15, 0.2) is 5.82 Å². The van der Waals surface area contributed by atoms with Crippen molar-refractivity contribution in [2.75, 3.05) is 11.9 Å². The van der Waals surface area contributed by atoms with Crippen molar-refractivity contribution in [3.8, 4) is 11.4 Å². The monoisotopic (exact) mass is 384 g/mol. The molecule has 0 spiro atoms. The van der Waals surface area contributed by atoms with Gasteiger partial charge in [-0.25, -0.2) is 9.97 Å². The summed E-state index contributed by atoms with van der Waals surface area (Å²) >= 11 is 2.19. The molecule has 0 aliphatic heterocycles. The smallest absolute Gasteiger partial charge is 0.270 e. The SMILES string of the molecule is CCNc1nc(-c2cccc([N+](=O)[O-])c2)nc(C)c1I. The Kier molecular flexibility index (Phi) is 4.48. The minimum absolute atomic E-state index is 0.0345. The molecule has 1 N–H and O–H groups in total. The van der Waals surface area contributed by atoms with Crippen LogP contribution in [0.15, 0.2) is 24.3 Å². The Morgan fingerprint density at radius 1 is 1.40 bits per heavy atom. The number of hydrogen-bond donors (Lipinski definition) is 1. The lowest BCUT2D eigenvalue weighted by molar-refractivity contribution is -0.384. The highest BCUT2D eigenvalue weighted by Gasteiger charge is 2.13. The third-order valence-corrected chi connectivity index (χ3v) is 3.97. The van der Waals surface area contributed by atoms with Crippen molar-refractivity contribution in [1.82, 2.24) is 9.97 Å². The van der Waals surface area contributed by atoms with Gasteiger partial charge in [-0.05, 0) is 36.4 Å². The second kappa shape index (κ2) is 6.12. The Hall–Kier alpha value is -1.77. The molecule has 1 heterocycles. The maximum absolute atomic E-state index is 10.8. The van der Waals surface area contributed by atoms with Gasteiger partial charge in [-0.15, -0.1) is 0 Å². The largest absolute Gasteiger partial charge is 0.369 e. The van der Waals surface area contributed by atoms with Crippen molar-refractivity contribution >= 4 is 34.1 Å². The van der Waals surface area contributed by atoms with Gasteiger partial charge in [0.25, 0.3) is 5.69 Å². The normalized spacial score (nSPS) is 10.3. The first-order valence-corrected chi connectivity index (χ1v) is 7.13. The molecule has 2 rings (SSSR count). The highest BCUT2D eigenvalue weighted by Crippen LogP contribution is 2.25. The number of benzene rings is 1. The quantitative estimate of drug-likeness (QED) is 0.497. The number of aryl methyl sites for hydroxylation is 1. The highest BCUT2D eigenvalue weighted by atomic mass is 127. The molecule has 20 heavy (non-hydrogen) atoms. The zero-order valence-electron chi connectivity index (χ0n) is 11.1. The summed E-state index contributed by atoms with van der Waals surface area (Å²) < 4.78 is 0.957. The van der Waals surface area contributed by atoms with Gasteiger partial charge < -0.3 is 5.32 Å². The summed E-state index contributed by atoms with van der Waals surface area (Å²) in [6.07, 6.45) is 0. The predicted octanol–water partition coefficient (Wildman–Crippen LogP) is 3.40. The van der Waals surface area contributed by atoms with Gasteiger partial charge in [-0.3, -0.25) is 10.1 Å². The van der Waals surface area contributed by atoms with Crippen LogP contribution in [-0.4, -0.2) is 21.4 Å². The summed E-state index contributed by atoms with van der Waals surface area (Å²) in [5.74, 6) is 1.24. The molecule has 104 valence electrons. The number of nitro benzene ring substituents is 1. The lowest BCUT2D eigenvalue weighted by Crippen LogP contribution is -2.06. The third-order valence-electron chi connectivity index (χ3n) is 2.68. The fourth-order valence-corrected chi connectivity index (χ4v) is 2.16. The molecule has 0 saturated carbocycles. The first kappa shape index (κ1) is 14.6. The minimum atomic E-state index is -0.422. The number of anilines is 1. The minimum Gasteiger partial charge on any atom is -0.369 e. The summed E-state index contributed by atoms with van der Waals surface area (Å²) in [6.45, 7) is 4.63. The van der Waals surface area contributed by atoms with Gasteiger partial charge in [0.2, 0.25) is 0 Å². The van der Waals surface area contributed by atoms with Crippen LogP contribution < -0.4 is 5.32 Å². The molecule has 0 unspecified atom stereocenters. The van der Waals surface area contributed by atoms with Crippen LogP contribution in [0.4, 0.5) is 11.5 Å². The molecule has 0 atom stereocenters. The number of nitro groups is 1. The van der Waals surface area contributed by atoms with E-state index in [1.165, 1.54) is 12.1 Å². The van der Waals surface area contributed by atoms with Crippen molar-refractivity contribution < 1.29 is 4.92 Å². The Morgan fingerprint density at radius 2 is 2.15 bits per heavy atom. The highest BCUT2D eigenvalue weighted by molar-refractivity contribution is 14.1. The molecule has 0 fully saturated rings. The van der Waals surface area contributed by atoms with Crippen LogP contribution in [-0.2, 0) is 0 Å². The number of halogens is 1. The van der Waals surface area contributed by atoms with Crippen LogP contribution in [0, 0.1) is 20.6 Å². The van der Waals surface area contributed by atoms with Crippen molar-refractivity contribution in [1.29, 1.82) is 0 Å². The average molecular weight is 384 g/mol. The third kappa shape index (κ3) is 3.03. The number of aromatic nitrogens is 2. The number of nitrogens with one attached hydrogen (secondary N) is 1. The van der Waals surface area contributed by atoms with Gasteiger partial charge in [-0.2, -0.15) is 0 Å². The van der Waals surface area contributed by atoms with E-state index in [2.05, 4.69) is 37.9 Å². The fourth-order valence-electron chi connectivity index (χ4n) is 1.73. The van der Waals surface area contributed by atoms with E-state index in [4.69, 9.17) is 0 Å². The maximum atomic E-state index is 10.8. The first-order chi connectivity index (χ1) is 9.52. The molecular weight excluding hydrogens is 371 g/mol. The molecule has 7 heteroatoms. The Labute approximate surface area is 129 Å². The summed E-state index contributed by atoms with van der Waals surface area (Å²) in [4.78, 5) is 19.3. The van der Waals surface area contributed by atoms with E-state index in [1.807, 2.05) is 13.8 Å². The Morgan fingerprint density at radius 3 is 2.80 bits per heavy atom. The maximum Gasteiger partial charge on any atom is 0.270 e. The Balaban J connectivity index is 2.52. The molecule has 6 nitrogen and oxygen atoms in total. The van der Waals surface area contributed by atoms with Gasteiger partial charge in [0.05, 0.1) is 14.2 Å². The van der Waals surface area contributed by atoms with Crippen molar-refractivity contribution in [3.05, 3.63) is 43.6 Å². The molecule has 2 aromatic rings. The summed E-state index contributed by atoms with van der Waals surface area (Å²) in [5.41, 5.74) is 1.52. The zero-order valence-corrected chi connectivity index (χ0v) is 13.2. The number of hydrogen-bond acceptors (Lipinski definition) is 5. The van der Waals surface area contributed by atoms with Crippen LogP contribution >= 0.6 is 22.6 Å². The summed E-state index contributed by atoms with van der Waals surface area (Å²) in [5, 5.41) is 14.0. The van der Waals surface area contributed by atoms with Crippen LogP contribution in [0.25, 0.3) is 11.4 Å². The molecule has 1 aromatic carbocycles. The molecule has 0 saturated heterocycles. The molecule has 0 bridgehead atoms. The lowest BCUT2D eigenvalue weighted by atomic mass is 10.2. The predicted molar refractivity (Wildman–Crippen MR) is 85.7 cm³/mol. The van der Waals surface area contributed by atoms with Crippen LogP contribution in [0.1, 0.15) is 12.6 Å². The van der Waals surface area contributed by atoms with Crippen molar-refractivity contribution in [2.24, 2.45) is 0 Å². The fraction of sp³-hybridized carbons (Fsp3) is 0.231. The molecule has 0 amide bonds. The second-order valence-electron chi connectivity index (χ2n) is 4.13. The van der Waals surface area contributed by atoms with E-state index in [0.29, 0.717) is 11.4 Å².